The van der Waals surface area contributed by atoms with E-state index in [4.69, 9.17) is 4.74 Å². The number of hydrogen-bond donors (Lipinski definition) is 1. The Bertz CT molecular complexity index is 374. The van der Waals surface area contributed by atoms with E-state index in [9.17, 15) is 9.18 Å². The first kappa shape index (κ1) is 13.4. The highest BCUT2D eigenvalue weighted by Gasteiger charge is 1.96. The van der Waals surface area contributed by atoms with E-state index in [0.29, 0.717) is 6.61 Å². The van der Waals surface area contributed by atoms with Crippen LogP contribution in [0.5, 0.6) is 0 Å². The smallest absolute Gasteiger partial charge is 0.330 e. The van der Waals surface area contributed by atoms with Crippen molar-refractivity contribution in [3.05, 3.63) is 41.7 Å². The van der Waals surface area contributed by atoms with Gasteiger partial charge in [-0.05, 0) is 43.8 Å². The maximum absolute atomic E-state index is 12.6. The van der Waals surface area contributed by atoms with Crippen LogP contribution in [-0.4, -0.2) is 26.2 Å². The molecule has 0 spiro atoms. The molecule has 0 saturated heterocycles. The average molecular weight is 237 g/mol. The number of esters is 1. The molecule has 0 aromatic heterocycles. The Kier molecular flexibility index (Phi) is 5.96. The van der Waals surface area contributed by atoms with Gasteiger partial charge < -0.3 is 10.1 Å². The summed E-state index contributed by atoms with van der Waals surface area (Å²) in [5.41, 5.74) is 0.763. The van der Waals surface area contributed by atoms with Crippen LogP contribution in [0.3, 0.4) is 0 Å². The number of halogens is 1. The van der Waals surface area contributed by atoms with Crippen molar-refractivity contribution in [3.63, 3.8) is 0 Å². The zero-order valence-corrected chi connectivity index (χ0v) is 9.78. The lowest BCUT2D eigenvalue weighted by Crippen LogP contribution is -2.12. The first-order valence-corrected chi connectivity index (χ1v) is 5.47. The molecular weight excluding hydrogens is 221 g/mol. The SMILES string of the molecule is CNCCCOC(=O)/C=C/c1ccc(F)cc1. The van der Waals surface area contributed by atoms with Gasteiger partial charge in [0.2, 0.25) is 0 Å². The molecule has 0 aliphatic carbocycles. The summed E-state index contributed by atoms with van der Waals surface area (Å²) in [5.74, 6) is -0.678. The molecule has 0 radical (unpaired) electrons. The molecule has 0 bridgehead atoms. The molecule has 3 nitrogen and oxygen atoms in total. The summed E-state index contributed by atoms with van der Waals surface area (Å²) in [6.45, 7) is 1.21. The largest absolute Gasteiger partial charge is 0.462 e. The molecule has 1 aromatic rings. The van der Waals surface area contributed by atoms with Gasteiger partial charge in [0.15, 0.2) is 0 Å². The van der Waals surface area contributed by atoms with Gasteiger partial charge in [-0.1, -0.05) is 12.1 Å². The molecule has 1 rings (SSSR count). The van der Waals surface area contributed by atoms with E-state index in [-0.39, 0.29) is 11.8 Å². The third-order valence-electron chi connectivity index (χ3n) is 2.10. The van der Waals surface area contributed by atoms with Gasteiger partial charge in [-0.3, -0.25) is 0 Å². The zero-order chi connectivity index (χ0) is 12.5. The van der Waals surface area contributed by atoms with Crippen molar-refractivity contribution < 1.29 is 13.9 Å². The molecular formula is C13H16FNO2. The van der Waals surface area contributed by atoms with Gasteiger partial charge in [0.25, 0.3) is 0 Å². The number of carbonyl (C=O) groups excluding carboxylic acids is 1. The van der Waals surface area contributed by atoms with Crippen molar-refractivity contribution in [2.45, 2.75) is 6.42 Å². The van der Waals surface area contributed by atoms with E-state index in [2.05, 4.69) is 5.32 Å². The summed E-state index contributed by atoms with van der Waals surface area (Å²) < 4.78 is 17.6. The minimum atomic E-state index is -0.384. The molecule has 17 heavy (non-hydrogen) atoms. The van der Waals surface area contributed by atoms with Gasteiger partial charge >= 0.3 is 5.97 Å². The standard InChI is InChI=1S/C13H16FNO2/c1-15-9-2-10-17-13(16)8-5-11-3-6-12(14)7-4-11/h3-8,15H,2,9-10H2,1H3/b8-5+. The second-order valence-corrected chi connectivity index (χ2v) is 3.51. The summed E-state index contributed by atoms with van der Waals surface area (Å²) in [6, 6.07) is 5.89. The van der Waals surface area contributed by atoms with Crippen LogP contribution in [0.1, 0.15) is 12.0 Å². The third-order valence-corrected chi connectivity index (χ3v) is 2.10. The third kappa shape index (κ3) is 5.82. The summed E-state index contributed by atoms with van der Waals surface area (Å²) in [6.07, 6.45) is 3.72. The molecule has 0 aliphatic heterocycles. The van der Waals surface area contributed by atoms with Crippen LogP contribution in [-0.2, 0) is 9.53 Å². The van der Waals surface area contributed by atoms with E-state index < -0.39 is 0 Å². The minimum Gasteiger partial charge on any atom is -0.462 e. The van der Waals surface area contributed by atoms with Crippen LogP contribution in [0.25, 0.3) is 6.08 Å². The Labute approximate surface area is 100 Å². The molecule has 0 heterocycles. The fourth-order valence-corrected chi connectivity index (χ4v) is 1.21. The van der Waals surface area contributed by atoms with Crippen LogP contribution in [0, 0.1) is 5.82 Å². The van der Waals surface area contributed by atoms with Crippen LogP contribution >= 0.6 is 0 Å². The Hall–Kier alpha value is -1.68. The first-order chi connectivity index (χ1) is 8.22. The number of ether oxygens (including phenoxy) is 1. The average Bonchev–Trinajstić information content (AvgIpc) is 2.34. The lowest BCUT2D eigenvalue weighted by Gasteiger charge is -2.00. The van der Waals surface area contributed by atoms with Crippen molar-refractivity contribution in [1.29, 1.82) is 0 Å². The number of carbonyl (C=O) groups is 1. The molecule has 1 N–H and O–H groups in total. The molecule has 0 unspecified atom stereocenters. The van der Waals surface area contributed by atoms with Crippen molar-refractivity contribution in [3.8, 4) is 0 Å². The van der Waals surface area contributed by atoms with E-state index in [1.807, 2.05) is 7.05 Å². The maximum Gasteiger partial charge on any atom is 0.330 e. The highest BCUT2D eigenvalue weighted by atomic mass is 19.1. The normalized spacial score (nSPS) is 10.7. The number of benzene rings is 1. The first-order valence-electron chi connectivity index (χ1n) is 5.47. The molecule has 0 amide bonds. The summed E-state index contributed by atoms with van der Waals surface area (Å²) in [5, 5.41) is 2.96. The number of hydrogen-bond acceptors (Lipinski definition) is 3. The van der Waals surface area contributed by atoms with E-state index in [1.165, 1.54) is 18.2 Å². The monoisotopic (exact) mass is 237 g/mol. The topological polar surface area (TPSA) is 38.3 Å². The molecule has 0 aliphatic rings. The zero-order valence-electron chi connectivity index (χ0n) is 9.78. The Morgan fingerprint density at radius 1 is 1.41 bits per heavy atom. The molecule has 4 heteroatoms. The minimum absolute atomic E-state index is 0.295. The van der Waals surface area contributed by atoms with Crippen molar-refractivity contribution >= 4 is 12.0 Å². The highest BCUT2D eigenvalue weighted by Crippen LogP contribution is 2.04. The maximum atomic E-state index is 12.6. The van der Waals surface area contributed by atoms with Gasteiger partial charge in [0, 0.05) is 6.08 Å². The highest BCUT2D eigenvalue weighted by molar-refractivity contribution is 5.86. The van der Waals surface area contributed by atoms with E-state index in [1.54, 1.807) is 18.2 Å². The molecule has 0 fully saturated rings. The number of rotatable bonds is 6. The molecule has 92 valence electrons. The molecule has 0 atom stereocenters. The Morgan fingerprint density at radius 3 is 2.76 bits per heavy atom. The predicted molar refractivity (Wildman–Crippen MR) is 64.9 cm³/mol. The lowest BCUT2D eigenvalue weighted by molar-refractivity contribution is -0.137. The fourth-order valence-electron chi connectivity index (χ4n) is 1.21. The molecule has 0 saturated carbocycles. The van der Waals surface area contributed by atoms with Gasteiger partial charge in [-0.15, -0.1) is 0 Å². The summed E-state index contributed by atoms with van der Waals surface area (Å²) in [7, 11) is 1.84. The molecule has 1 aromatic carbocycles. The lowest BCUT2D eigenvalue weighted by atomic mass is 10.2. The Morgan fingerprint density at radius 2 is 2.12 bits per heavy atom. The van der Waals surface area contributed by atoms with Gasteiger partial charge in [-0.2, -0.15) is 0 Å². The van der Waals surface area contributed by atoms with Gasteiger partial charge in [0.1, 0.15) is 5.82 Å². The van der Waals surface area contributed by atoms with Crippen molar-refractivity contribution in [2.24, 2.45) is 0 Å². The summed E-state index contributed by atoms with van der Waals surface area (Å²) in [4.78, 5) is 11.2. The van der Waals surface area contributed by atoms with Gasteiger partial charge in [-0.25, -0.2) is 9.18 Å². The number of nitrogens with one attached hydrogen (secondary N) is 1. The van der Waals surface area contributed by atoms with Gasteiger partial charge in [0.05, 0.1) is 6.61 Å². The van der Waals surface area contributed by atoms with E-state index >= 15 is 0 Å². The quantitative estimate of drug-likeness (QED) is 0.467. The van der Waals surface area contributed by atoms with Crippen LogP contribution in [0.4, 0.5) is 4.39 Å². The Balaban J connectivity index is 2.32. The van der Waals surface area contributed by atoms with Crippen LogP contribution < -0.4 is 5.32 Å². The van der Waals surface area contributed by atoms with E-state index in [0.717, 1.165) is 18.5 Å². The van der Waals surface area contributed by atoms with Crippen molar-refractivity contribution in [2.75, 3.05) is 20.2 Å². The van der Waals surface area contributed by atoms with Crippen LogP contribution in [0.15, 0.2) is 30.3 Å². The summed E-state index contributed by atoms with van der Waals surface area (Å²) >= 11 is 0. The van der Waals surface area contributed by atoms with Crippen molar-refractivity contribution in [1.82, 2.24) is 5.32 Å². The second kappa shape index (κ2) is 7.57. The van der Waals surface area contributed by atoms with Crippen LogP contribution in [0.2, 0.25) is 0 Å². The second-order valence-electron chi connectivity index (χ2n) is 3.51. The fraction of sp³-hybridized carbons (Fsp3) is 0.308. The predicted octanol–water partition coefficient (Wildman–Crippen LogP) is 1.99.